The third-order valence-corrected chi connectivity index (χ3v) is 9.29. The molecule has 294 valence electrons. The molecule has 3 heterocycles. The highest BCUT2D eigenvalue weighted by atomic mass is 17.0. The summed E-state index contributed by atoms with van der Waals surface area (Å²) in [4.78, 5) is 45.3. The van der Waals surface area contributed by atoms with Gasteiger partial charge < -0.3 is 43.6 Å². The van der Waals surface area contributed by atoms with Gasteiger partial charge in [0.05, 0.1) is 32.1 Å². The Kier molecular flexibility index (Phi) is 14.9. The number of piperidine rings is 1. The van der Waals surface area contributed by atoms with Crippen molar-refractivity contribution < 1.29 is 48.3 Å². The Labute approximate surface area is 310 Å². The van der Waals surface area contributed by atoms with E-state index in [4.69, 9.17) is 23.7 Å². The maximum absolute atomic E-state index is 13.0. The number of fused-ring (bicyclic) bond motifs is 1. The normalized spacial score (nSPS) is 19.1. The summed E-state index contributed by atoms with van der Waals surface area (Å²) in [5.41, 5.74) is 3.14. The summed E-state index contributed by atoms with van der Waals surface area (Å²) in [5.74, 6) is 1.13. The fraction of sp³-hybridized carbons (Fsp3) is 0.588. The quantitative estimate of drug-likeness (QED) is 0.0648. The van der Waals surface area contributed by atoms with Gasteiger partial charge in [-0.25, -0.2) is 0 Å². The van der Waals surface area contributed by atoms with Crippen LogP contribution in [0.15, 0.2) is 42.5 Å². The van der Waals surface area contributed by atoms with E-state index >= 15 is 0 Å². The van der Waals surface area contributed by atoms with Crippen molar-refractivity contribution in [1.82, 2.24) is 25.9 Å². The Bertz CT molecular complexity index is 1630. The van der Waals surface area contributed by atoms with Crippen LogP contribution in [0.1, 0.15) is 67.5 Å². The highest BCUT2D eigenvalue weighted by Gasteiger charge is 2.35. The van der Waals surface area contributed by atoms with Crippen LogP contribution in [0.2, 0.25) is 0 Å². The van der Waals surface area contributed by atoms with Crippen molar-refractivity contribution in [3.63, 3.8) is 0 Å². The molecule has 1 aromatic heterocycles. The molecule has 2 aliphatic heterocycles. The number of rotatable bonds is 22. The van der Waals surface area contributed by atoms with Gasteiger partial charge in [0, 0.05) is 51.6 Å². The molecule has 20 nitrogen and oxygen atoms in total. The van der Waals surface area contributed by atoms with E-state index in [1.165, 1.54) is 0 Å². The minimum atomic E-state index is -1.23. The van der Waals surface area contributed by atoms with Gasteiger partial charge in [0.25, 0.3) is 10.2 Å². The van der Waals surface area contributed by atoms with E-state index in [0.717, 1.165) is 47.8 Å². The number of hydrogen-bond acceptors (Lipinski definition) is 17. The van der Waals surface area contributed by atoms with Crippen molar-refractivity contribution in [2.45, 2.75) is 75.4 Å². The van der Waals surface area contributed by atoms with Gasteiger partial charge in [-0.2, -0.15) is 5.21 Å². The van der Waals surface area contributed by atoms with Crippen molar-refractivity contribution in [3.05, 3.63) is 79.6 Å². The van der Waals surface area contributed by atoms with Crippen LogP contribution in [0.5, 0.6) is 11.5 Å². The summed E-state index contributed by atoms with van der Waals surface area (Å²) in [6.07, 6.45) is -0.554. The largest absolute Gasteiger partial charge is 0.497 e. The van der Waals surface area contributed by atoms with Crippen LogP contribution >= 0.6 is 0 Å². The molecule has 5 rings (SSSR count). The lowest BCUT2D eigenvalue weighted by Crippen LogP contribution is -2.47. The van der Waals surface area contributed by atoms with Gasteiger partial charge in [0.1, 0.15) is 30.8 Å². The average Bonchev–Trinajstić information content (AvgIpc) is 3.71. The first kappa shape index (κ1) is 39.9. The number of H-pyrrole nitrogens is 1. The zero-order valence-corrected chi connectivity index (χ0v) is 30.2. The second-order valence-corrected chi connectivity index (χ2v) is 12.9. The smallest absolute Gasteiger partial charge is 0.306 e. The van der Waals surface area contributed by atoms with Crippen molar-refractivity contribution in [1.29, 1.82) is 0 Å². The lowest BCUT2D eigenvalue weighted by molar-refractivity contribution is -0.790. The number of anilines is 1. The van der Waals surface area contributed by atoms with E-state index in [0.29, 0.717) is 39.2 Å². The zero-order chi connectivity index (χ0) is 38.3. The number of benzene rings is 2. The Morgan fingerprint density at radius 1 is 1.11 bits per heavy atom. The molecule has 2 N–H and O–H groups in total. The lowest BCUT2D eigenvalue weighted by Gasteiger charge is -2.38. The Morgan fingerprint density at radius 3 is 2.67 bits per heavy atom. The van der Waals surface area contributed by atoms with Gasteiger partial charge in [0.15, 0.2) is 6.10 Å². The molecule has 3 aromatic rings. The number of esters is 1. The Hall–Kier alpha value is -5.34. The molecule has 2 aliphatic rings. The van der Waals surface area contributed by atoms with E-state index in [-0.39, 0.29) is 43.2 Å². The van der Waals surface area contributed by atoms with Gasteiger partial charge in [-0.15, -0.1) is 30.4 Å². The molecule has 1 saturated heterocycles. The molecule has 0 amide bonds. The zero-order valence-electron chi connectivity index (χ0n) is 30.2. The summed E-state index contributed by atoms with van der Waals surface area (Å²) in [7, 11) is 3.32. The molecule has 2 aromatic carbocycles. The first-order valence-electron chi connectivity index (χ1n) is 17.7. The van der Waals surface area contributed by atoms with Gasteiger partial charge in [-0.3, -0.25) is 4.79 Å². The number of hydrogen-bond donors (Lipinski definition) is 2. The molecular formula is C34H46N8O12. The predicted octanol–water partition coefficient (Wildman–Crippen LogP) is 3.10. The summed E-state index contributed by atoms with van der Waals surface area (Å²) in [6, 6.07) is 13.9. The van der Waals surface area contributed by atoms with E-state index < -0.39 is 35.0 Å². The Morgan fingerprint density at radius 2 is 1.94 bits per heavy atom. The van der Waals surface area contributed by atoms with Crippen LogP contribution in [0, 0.1) is 20.2 Å². The van der Waals surface area contributed by atoms with Gasteiger partial charge in [-0.1, -0.05) is 23.4 Å². The van der Waals surface area contributed by atoms with Crippen molar-refractivity contribution in [2.24, 2.45) is 0 Å². The number of aromatic amines is 1. The van der Waals surface area contributed by atoms with Crippen molar-refractivity contribution >= 4 is 11.7 Å². The van der Waals surface area contributed by atoms with Gasteiger partial charge >= 0.3 is 5.97 Å². The molecular weight excluding hydrogens is 712 g/mol. The van der Waals surface area contributed by atoms with Crippen LogP contribution in [-0.2, 0) is 35.3 Å². The number of methoxy groups -OCH3 is 2. The molecule has 0 aliphatic carbocycles. The third-order valence-electron chi connectivity index (χ3n) is 9.29. The number of aromatic nitrogens is 4. The molecule has 1 fully saturated rings. The fourth-order valence-electron chi connectivity index (χ4n) is 6.66. The first-order valence-corrected chi connectivity index (χ1v) is 17.7. The van der Waals surface area contributed by atoms with E-state index in [2.05, 4.69) is 46.6 Å². The topological polar surface area (TPSA) is 238 Å². The number of tetrazole rings is 1. The van der Waals surface area contributed by atoms with E-state index in [9.17, 15) is 25.0 Å². The van der Waals surface area contributed by atoms with Crippen LogP contribution in [0.25, 0.3) is 0 Å². The number of nitrogens with one attached hydrogen (secondary N) is 2. The molecule has 0 bridgehead atoms. The molecule has 0 saturated carbocycles. The number of carbonyl (C=O) groups is 1. The molecule has 54 heavy (non-hydrogen) atoms. The van der Waals surface area contributed by atoms with Crippen molar-refractivity contribution in [2.75, 3.05) is 58.6 Å². The maximum Gasteiger partial charge on any atom is 0.306 e. The SMILES string of the molecule is COCCCN1CCOc2ccc(COC3CNC(CC(OC(=O)CCCC(CO[N+](=O)[O-])O[N+](=O)[O-])c4nn[nH]n4)CC3c3ccc(OC)cc3)cc21. The minimum absolute atomic E-state index is 0.0322. The summed E-state index contributed by atoms with van der Waals surface area (Å²) in [6.45, 7) is 3.22. The first-order chi connectivity index (χ1) is 26.2. The molecule has 20 heteroatoms. The maximum atomic E-state index is 13.0. The third kappa shape index (κ3) is 11.8. The van der Waals surface area contributed by atoms with E-state index in [1.54, 1.807) is 14.2 Å². The van der Waals surface area contributed by atoms with Gasteiger partial charge in [0.2, 0.25) is 5.82 Å². The van der Waals surface area contributed by atoms with Crippen molar-refractivity contribution in [3.8, 4) is 11.5 Å². The monoisotopic (exact) mass is 758 g/mol. The standard InChI is InChI=1S/C34H46N8O12/c1-48-15-4-13-40-14-16-50-30-12-7-23(17-29(30)40)21-51-32-20-35-25(18-28(32)24-8-10-26(49-2)11-9-24)19-31(34-36-38-39-37-34)53-33(43)6-3-5-27(54-42(46)47)22-52-41(44)45/h7-12,17,25,27-28,31-32,35H,3-6,13-16,18-22H2,1-2H3,(H,36,37,38,39). The average molecular weight is 759 g/mol. The predicted molar refractivity (Wildman–Crippen MR) is 188 cm³/mol. The summed E-state index contributed by atoms with van der Waals surface area (Å²) < 4.78 is 29.0. The fourth-order valence-corrected chi connectivity index (χ4v) is 6.66. The van der Waals surface area contributed by atoms with Crippen LogP contribution in [0.4, 0.5) is 5.69 Å². The summed E-state index contributed by atoms with van der Waals surface area (Å²) in [5, 5.41) is 36.9. The molecule has 0 radical (unpaired) electrons. The molecule has 0 spiro atoms. The molecule has 5 unspecified atom stereocenters. The Balaban J connectivity index is 1.23. The number of carbonyl (C=O) groups excluding carboxylic acids is 1. The minimum Gasteiger partial charge on any atom is -0.497 e. The number of nitrogens with zero attached hydrogens (tertiary/aromatic N) is 6. The number of ether oxygens (including phenoxy) is 5. The van der Waals surface area contributed by atoms with Gasteiger partial charge in [-0.05, 0) is 61.1 Å². The second-order valence-electron chi connectivity index (χ2n) is 12.9. The highest BCUT2D eigenvalue weighted by molar-refractivity contribution is 5.69. The highest BCUT2D eigenvalue weighted by Crippen LogP contribution is 2.36. The van der Waals surface area contributed by atoms with Crippen LogP contribution in [0.3, 0.4) is 0 Å². The molecule has 5 atom stereocenters. The summed E-state index contributed by atoms with van der Waals surface area (Å²) >= 11 is 0. The van der Waals surface area contributed by atoms with Crippen LogP contribution in [-0.4, -0.2) is 109 Å². The second kappa shape index (κ2) is 20.2. The van der Waals surface area contributed by atoms with Crippen LogP contribution < -0.4 is 19.7 Å². The van der Waals surface area contributed by atoms with E-state index in [1.807, 2.05) is 36.4 Å². The lowest BCUT2D eigenvalue weighted by atomic mass is 9.82.